The van der Waals surface area contributed by atoms with Crippen LogP contribution >= 0.6 is 11.8 Å². The number of furan rings is 1. The van der Waals surface area contributed by atoms with Crippen molar-refractivity contribution in [3.63, 3.8) is 0 Å². The van der Waals surface area contributed by atoms with E-state index in [2.05, 4.69) is 9.97 Å². The third-order valence-electron chi connectivity index (χ3n) is 3.55. The van der Waals surface area contributed by atoms with Gasteiger partial charge in [0.05, 0.1) is 11.5 Å². The molecule has 2 heterocycles. The monoisotopic (exact) mass is 369 g/mol. The van der Waals surface area contributed by atoms with Crippen LogP contribution in [-0.2, 0) is 0 Å². The summed E-state index contributed by atoms with van der Waals surface area (Å²) in [5.41, 5.74) is -0.307. The first-order valence-corrected chi connectivity index (χ1v) is 8.42. The smallest absolute Gasteiger partial charge is 0.270 e. The third-order valence-corrected chi connectivity index (χ3v) is 4.53. The summed E-state index contributed by atoms with van der Waals surface area (Å²) < 4.78 is 18.2. The van der Waals surface area contributed by atoms with Gasteiger partial charge in [-0.05, 0) is 43.3 Å². The lowest BCUT2D eigenvalue weighted by Crippen LogP contribution is -2.18. The molecule has 1 aromatic carbocycles. The topological polar surface area (TPSA) is 99.8 Å². The summed E-state index contributed by atoms with van der Waals surface area (Å²) in [6.07, 6.45) is 1.41. The minimum atomic E-state index is -0.613. The quantitative estimate of drug-likeness (QED) is 0.420. The number of thioether (sulfide) groups is 1. The first-order chi connectivity index (χ1) is 12.5. The van der Waals surface area contributed by atoms with Crippen molar-refractivity contribution < 1.29 is 13.6 Å². The Kier molecular flexibility index (Phi) is 5.00. The van der Waals surface area contributed by atoms with Crippen LogP contribution in [0.5, 0.6) is 0 Å². The number of aromatic amines is 1. The van der Waals surface area contributed by atoms with Gasteiger partial charge in [0.15, 0.2) is 16.7 Å². The van der Waals surface area contributed by atoms with Crippen LogP contribution in [0.2, 0.25) is 0 Å². The maximum Gasteiger partial charge on any atom is 0.270 e. The number of ketones is 1. The van der Waals surface area contributed by atoms with Crippen LogP contribution < -0.4 is 5.56 Å². The fourth-order valence-corrected chi connectivity index (χ4v) is 3.15. The molecule has 0 aliphatic heterocycles. The molecule has 0 aliphatic rings. The van der Waals surface area contributed by atoms with Crippen LogP contribution in [0, 0.1) is 17.1 Å². The van der Waals surface area contributed by atoms with E-state index >= 15 is 0 Å². The zero-order valence-corrected chi connectivity index (χ0v) is 14.3. The van der Waals surface area contributed by atoms with E-state index in [1.54, 1.807) is 19.1 Å². The molecule has 3 rings (SSSR count). The van der Waals surface area contributed by atoms with Crippen molar-refractivity contribution in [2.45, 2.75) is 17.3 Å². The van der Waals surface area contributed by atoms with Gasteiger partial charge >= 0.3 is 0 Å². The molecule has 0 fully saturated rings. The fourth-order valence-electron chi connectivity index (χ4n) is 2.27. The molecule has 0 saturated heterocycles. The second-order valence-electron chi connectivity index (χ2n) is 5.32. The molecule has 8 heteroatoms. The molecule has 0 spiro atoms. The first-order valence-electron chi connectivity index (χ1n) is 7.54. The van der Waals surface area contributed by atoms with Crippen LogP contribution in [-0.4, -0.2) is 21.0 Å². The van der Waals surface area contributed by atoms with E-state index in [1.165, 1.54) is 30.5 Å². The molecule has 0 amide bonds. The van der Waals surface area contributed by atoms with Gasteiger partial charge in [0.2, 0.25) is 0 Å². The van der Waals surface area contributed by atoms with Crippen molar-refractivity contribution in [2.24, 2.45) is 0 Å². The molecule has 3 aromatic rings. The standard InChI is InChI=1S/C18H12FN3O3S/c1-10(16(23)11-4-6-12(19)7-5-11)26-18-21-15(14-3-2-8-25-14)13(9-20)17(24)22-18/h2-8,10H,1H3,(H,21,22,24)/t10-/m1/s1. The normalized spacial score (nSPS) is 11.7. The van der Waals surface area contributed by atoms with Crippen LogP contribution in [0.15, 0.2) is 57.0 Å². The number of halogens is 1. The Hall–Kier alpha value is -3.18. The Balaban J connectivity index is 1.90. The van der Waals surface area contributed by atoms with E-state index in [1.807, 2.05) is 6.07 Å². The van der Waals surface area contributed by atoms with E-state index < -0.39 is 16.6 Å². The molecule has 0 aliphatic carbocycles. The van der Waals surface area contributed by atoms with E-state index in [0.29, 0.717) is 5.56 Å². The van der Waals surface area contributed by atoms with E-state index in [-0.39, 0.29) is 28.0 Å². The van der Waals surface area contributed by atoms with Crippen LogP contribution in [0.4, 0.5) is 4.39 Å². The Bertz CT molecular complexity index is 1040. The molecule has 0 unspecified atom stereocenters. The predicted molar refractivity (Wildman–Crippen MR) is 93.3 cm³/mol. The zero-order valence-electron chi connectivity index (χ0n) is 13.5. The number of rotatable bonds is 5. The molecule has 6 nitrogen and oxygen atoms in total. The van der Waals surface area contributed by atoms with E-state index in [9.17, 15) is 19.2 Å². The average molecular weight is 369 g/mol. The summed E-state index contributed by atoms with van der Waals surface area (Å²) in [6, 6.07) is 10.2. The predicted octanol–water partition coefficient (Wildman–Crippen LogP) is 3.40. The largest absolute Gasteiger partial charge is 0.463 e. The van der Waals surface area contributed by atoms with Crippen LogP contribution in [0.25, 0.3) is 11.5 Å². The molecule has 1 N–H and O–H groups in total. The number of hydrogen-bond donors (Lipinski definition) is 1. The van der Waals surface area contributed by atoms with Crippen molar-refractivity contribution in [1.82, 2.24) is 9.97 Å². The third kappa shape index (κ3) is 3.58. The zero-order chi connectivity index (χ0) is 18.7. The van der Waals surface area contributed by atoms with Gasteiger partial charge in [-0.15, -0.1) is 0 Å². The van der Waals surface area contributed by atoms with Gasteiger partial charge in [-0.2, -0.15) is 5.26 Å². The lowest BCUT2D eigenvalue weighted by atomic mass is 10.1. The van der Waals surface area contributed by atoms with E-state index in [4.69, 9.17) is 4.42 Å². The molecule has 26 heavy (non-hydrogen) atoms. The molecule has 130 valence electrons. The van der Waals surface area contributed by atoms with Crippen molar-refractivity contribution >= 4 is 17.5 Å². The molecule has 2 aromatic heterocycles. The van der Waals surface area contributed by atoms with Crippen LogP contribution in [0.1, 0.15) is 22.8 Å². The maximum atomic E-state index is 13.0. The second kappa shape index (κ2) is 7.37. The highest BCUT2D eigenvalue weighted by Crippen LogP contribution is 2.26. The number of carbonyl (C=O) groups is 1. The molecule has 0 saturated carbocycles. The van der Waals surface area contributed by atoms with Gasteiger partial charge in [0, 0.05) is 5.56 Å². The number of carbonyl (C=O) groups excluding carboxylic acids is 1. The van der Waals surface area contributed by atoms with Gasteiger partial charge in [0.25, 0.3) is 5.56 Å². The summed E-state index contributed by atoms with van der Waals surface area (Å²) >= 11 is 1.03. The molecule has 0 radical (unpaired) electrons. The Morgan fingerprint density at radius 2 is 2.08 bits per heavy atom. The molecular weight excluding hydrogens is 357 g/mol. The van der Waals surface area contributed by atoms with Gasteiger partial charge in [-0.1, -0.05) is 11.8 Å². The summed E-state index contributed by atoms with van der Waals surface area (Å²) in [6.45, 7) is 1.65. The molecule has 1 atom stereocenters. The highest BCUT2D eigenvalue weighted by atomic mass is 32.2. The van der Waals surface area contributed by atoms with Crippen molar-refractivity contribution in [3.05, 3.63) is 70.0 Å². The second-order valence-corrected chi connectivity index (χ2v) is 6.64. The van der Waals surface area contributed by atoms with Gasteiger partial charge < -0.3 is 9.40 Å². The summed E-state index contributed by atoms with van der Waals surface area (Å²) in [5, 5.41) is 8.79. The summed E-state index contributed by atoms with van der Waals surface area (Å²) in [7, 11) is 0. The summed E-state index contributed by atoms with van der Waals surface area (Å²) in [5.74, 6) is -0.378. The number of H-pyrrole nitrogens is 1. The minimum Gasteiger partial charge on any atom is -0.463 e. The number of aromatic nitrogens is 2. The highest BCUT2D eigenvalue weighted by Gasteiger charge is 2.21. The summed E-state index contributed by atoms with van der Waals surface area (Å²) in [4.78, 5) is 31.3. The van der Waals surface area contributed by atoms with Crippen molar-refractivity contribution in [3.8, 4) is 17.5 Å². The van der Waals surface area contributed by atoms with Gasteiger partial charge in [-0.25, -0.2) is 9.37 Å². The highest BCUT2D eigenvalue weighted by molar-refractivity contribution is 8.00. The van der Waals surface area contributed by atoms with Crippen LogP contribution in [0.3, 0.4) is 0 Å². The Morgan fingerprint density at radius 1 is 1.35 bits per heavy atom. The average Bonchev–Trinajstić information content (AvgIpc) is 3.16. The number of nitrogens with one attached hydrogen (secondary N) is 1. The molecular formula is C18H12FN3O3S. The fraction of sp³-hybridized carbons (Fsp3) is 0.111. The number of hydrogen-bond acceptors (Lipinski definition) is 6. The number of nitriles is 1. The SMILES string of the molecule is C[C@@H](Sc1nc(-c2ccco2)c(C#N)c(=O)[nH]1)C(=O)c1ccc(F)cc1. The maximum absolute atomic E-state index is 13.0. The number of nitrogens with zero attached hydrogens (tertiary/aromatic N) is 2. The Morgan fingerprint density at radius 3 is 2.69 bits per heavy atom. The van der Waals surface area contributed by atoms with Crippen molar-refractivity contribution in [1.29, 1.82) is 5.26 Å². The van der Waals surface area contributed by atoms with Gasteiger partial charge in [0.1, 0.15) is 23.1 Å². The van der Waals surface area contributed by atoms with E-state index in [0.717, 1.165) is 11.8 Å². The lowest BCUT2D eigenvalue weighted by Gasteiger charge is -2.10. The van der Waals surface area contributed by atoms with Crippen molar-refractivity contribution in [2.75, 3.05) is 0 Å². The molecule has 0 bridgehead atoms. The number of benzene rings is 1. The Labute approximate surface area is 151 Å². The number of Topliss-reactive ketones (excluding diaryl/α,β-unsaturated/α-hetero) is 1. The first kappa shape index (κ1) is 17.6. The lowest BCUT2D eigenvalue weighted by molar-refractivity contribution is 0.0994. The van der Waals surface area contributed by atoms with Gasteiger partial charge in [-0.3, -0.25) is 9.59 Å². The minimum absolute atomic E-state index is 0.116.